The number of carbonyl (C=O) groups is 2. The Balaban J connectivity index is 1.80. The lowest BCUT2D eigenvalue weighted by Crippen LogP contribution is -2.55. The molecule has 0 saturated carbocycles. The number of imide groups is 1. The molecule has 1 saturated heterocycles. The van der Waals surface area contributed by atoms with Crippen LogP contribution in [0, 0.1) is 0 Å². The van der Waals surface area contributed by atoms with E-state index in [-0.39, 0.29) is 18.0 Å². The zero-order valence-corrected chi connectivity index (χ0v) is 17.4. The number of aromatic amines is 1. The third-order valence-corrected chi connectivity index (χ3v) is 6.58. The van der Waals surface area contributed by atoms with Gasteiger partial charge >= 0.3 is 6.03 Å². The molecule has 2 aliphatic rings. The van der Waals surface area contributed by atoms with E-state index in [0.717, 1.165) is 33.5 Å². The third kappa shape index (κ3) is 2.36. The van der Waals surface area contributed by atoms with Crippen LogP contribution in [0.25, 0.3) is 10.9 Å². The number of hydrogen-bond acceptors (Lipinski definition) is 3. The molecule has 2 atom stereocenters. The van der Waals surface area contributed by atoms with Gasteiger partial charge in [0.2, 0.25) is 0 Å². The first-order valence-electron chi connectivity index (χ1n) is 10.5. The Labute approximate surface area is 175 Å². The molecule has 0 spiro atoms. The SMILES string of the molecule is CCOc1ccc2[nH]c3c(c2c1)CC1(CC)C(=O)N(C)C(=O)N1C3c1ccccc1. The summed E-state index contributed by atoms with van der Waals surface area (Å²) in [6.07, 6.45) is 1.05. The van der Waals surface area contributed by atoms with Crippen LogP contribution in [0.3, 0.4) is 0 Å². The monoisotopic (exact) mass is 403 g/mol. The molecule has 6 heteroatoms. The Morgan fingerprint density at radius 1 is 1.13 bits per heavy atom. The van der Waals surface area contributed by atoms with E-state index in [4.69, 9.17) is 4.74 Å². The second-order valence-electron chi connectivity index (χ2n) is 8.05. The molecule has 2 aromatic carbocycles. The number of urea groups is 1. The van der Waals surface area contributed by atoms with Crippen LogP contribution in [-0.4, -0.2) is 45.9 Å². The second-order valence-corrected chi connectivity index (χ2v) is 8.05. The van der Waals surface area contributed by atoms with Gasteiger partial charge in [-0.25, -0.2) is 4.79 Å². The highest BCUT2D eigenvalue weighted by Crippen LogP contribution is 2.49. The highest BCUT2D eigenvalue weighted by molar-refractivity contribution is 6.08. The first-order chi connectivity index (χ1) is 14.5. The summed E-state index contributed by atoms with van der Waals surface area (Å²) in [5.41, 5.74) is 3.17. The van der Waals surface area contributed by atoms with Crippen LogP contribution in [0.15, 0.2) is 48.5 Å². The van der Waals surface area contributed by atoms with Gasteiger partial charge in [0, 0.05) is 30.1 Å². The number of hydrogen-bond donors (Lipinski definition) is 1. The molecule has 0 bridgehead atoms. The largest absolute Gasteiger partial charge is 0.494 e. The fourth-order valence-electron chi connectivity index (χ4n) is 5.11. The highest BCUT2D eigenvalue weighted by atomic mass is 16.5. The molecule has 2 aliphatic heterocycles. The summed E-state index contributed by atoms with van der Waals surface area (Å²) in [7, 11) is 1.59. The van der Waals surface area contributed by atoms with E-state index < -0.39 is 5.54 Å². The first-order valence-corrected chi connectivity index (χ1v) is 10.5. The molecular weight excluding hydrogens is 378 g/mol. The molecule has 5 rings (SSSR count). The van der Waals surface area contributed by atoms with Gasteiger partial charge in [0.1, 0.15) is 17.3 Å². The quantitative estimate of drug-likeness (QED) is 0.662. The zero-order chi connectivity index (χ0) is 21.0. The predicted octanol–water partition coefficient (Wildman–Crippen LogP) is 4.25. The number of nitrogens with zero attached hydrogens (tertiary/aromatic N) is 2. The van der Waals surface area contributed by atoms with Gasteiger partial charge in [0.15, 0.2) is 0 Å². The number of H-pyrrole nitrogens is 1. The van der Waals surface area contributed by atoms with Crippen molar-refractivity contribution < 1.29 is 14.3 Å². The smallest absolute Gasteiger partial charge is 0.328 e. The van der Waals surface area contributed by atoms with E-state index in [1.807, 2.05) is 62.4 Å². The van der Waals surface area contributed by atoms with Crippen LogP contribution in [0.2, 0.25) is 0 Å². The summed E-state index contributed by atoms with van der Waals surface area (Å²) in [5.74, 6) is 0.680. The Kier molecular flexibility index (Phi) is 4.13. The maximum absolute atomic E-state index is 13.3. The van der Waals surface area contributed by atoms with Gasteiger partial charge in [-0.1, -0.05) is 37.3 Å². The van der Waals surface area contributed by atoms with Crippen molar-refractivity contribution in [1.29, 1.82) is 0 Å². The van der Waals surface area contributed by atoms with Crippen LogP contribution >= 0.6 is 0 Å². The topological polar surface area (TPSA) is 65.6 Å². The minimum Gasteiger partial charge on any atom is -0.494 e. The van der Waals surface area contributed by atoms with Gasteiger partial charge in [-0.05, 0) is 42.7 Å². The number of likely N-dealkylation sites (N-methyl/N-ethyl adjacent to an activating group) is 1. The molecule has 3 aromatic rings. The molecule has 0 radical (unpaired) electrons. The number of amides is 3. The van der Waals surface area contributed by atoms with Crippen LogP contribution in [-0.2, 0) is 11.2 Å². The van der Waals surface area contributed by atoms with E-state index in [1.54, 1.807) is 11.9 Å². The first kappa shape index (κ1) is 18.7. The Bertz CT molecular complexity index is 1150. The maximum atomic E-state index is 13.3. The summed E-state index contributed by atoms with van der Waals surface area (Å²) < 4.78 is 5.73. The standard InChI is InChI=1S/C24H25N3O3/c1-4-24-14-18-17-13-16(30-5-2)11-12-19(17)25-20(18)21(15-9-7-6-8-10-15)27(24)23(29)26(3)22(24)28/h6-13,21,25H,4-5,14H2,1-3H3. The number of carbonyl (C=O) groups excluding carboxylic acids is 2. The van der Waals surface area contributed by atoms with Crippen molar-refractivity contribution in [1.82, 2.24) is 14.8 Å². The molecular formula is C24H25N3O3. The summed E-state index contributed by atoms with van der Waals surface area (Å²) in [5, 5.41) is 1.05. The molecule has 6 nitrogen and oxygen atoms in total. The van der Waals surface area contributed by atoms with Crippen LogP contribution in [0.5, 0.6) is 5.75 Å². The Morgan fingerprint density at radius 3 is 2.60 bits per heavy atom. The molecule has 154 valence electrons. The van der Waals surface area contributed by atoms with Crippen LogP contribution in [0.1, 0.15) is 43.1 Å². The summed E-state index contributed by atoms with van der Waals surface area (Å²) in [6, 6.07) is 15.4. The Morgan fingerprint density at radius 2 is 1.90 bits per heavy atom. The molecule has 3 amide bonds. The molecule has 3 heterocycles. The normalized spacial score (nSPS) is 23.1. The van der Waals surface area contributed by atoms with E-state index in [2.05, 4.69) is 4.98 Å². The van der Waals surface area contributed by atoms with Crippen molar-refractivity contribution in [2.24, 2.45) is 0 Å². The van der Waals surface area contributed by atoms with Crippen molar-refractivity contribution in [2.45, 2.75) is 38.3 Å². The fourth-order valence-corrected chi connectivity index (χ4v) is 5.11. The lowest BCUT2D eigenvalue weighted by atomic mass is 9.78. The maximum Gasteiger partial charge on any atom is 0.328 e. The zero-order valence-electron chi connectivity index (χ0n) is 17.4. The van der Waals surface area contributed by atoms with Gasteiger partial charge < -0.3 is 9.72 Å². The second kappa shape index (κ2) is 6.62. The van der Waals surface area contributed by atoms with Gasteiger partial charge in [-0.3, -0.25) is 14.6 Å². The number of rotatable bonds is 4. The highest BCUT2D eigenvalue weighted by Gasteiger charge is 2.60. The van der Waals surface area contributed by atoms with Crippen molar-refractivity contribution >= 4 is 22.8 Å². The minimum absolute atomic E-state index is 0.128. The van der Waals surface area contributed by atoms with Gasteiger partial charge in [0.05, 0.1) is 6.61 Å². The number of benzene rings is 2. The number of nitrogens with one attached hydrogen (secondary N) is 1. The third-order valence-electron chi connectivity index (χ3n) is 6.58. The lowest BCUT2D eigenvalue weighted by Gasteiger charge is -2.44. The molecule has 1 aromatic heterocycles. The molecule has 0 aliphatic carbocycles. The van der Waals surface area contributed by atoms with Crippen LogP contribution < -0.4 is 4.74 Å². The predicted molar refractivity (Wildman–Crippen MR) is 114 cm³/mol. The van der Waals surface area contributed by atoms with Crippen molar-refractivity contribution in [3.63, 3.8) is 0 Å². The van der Waals surface area contributed by atoms with E-state index >= 15 is 0 Å². The van der Waals surface area contributed by atoms with Crippen LogP contribution in [0.4, 0.5) is 4.79 Å². The van der Waals surface area contributed by atoms with Gasteiger partial charge in [-0.2, -0.15) is 0 Å². The lowest BCUT2D eigenvalue weighted by molar-refractivity contribution is -0.133. The number of aromatic nitrogens is 1. The fraction of sp³-hybridized carbons (Fsp3) is 0.333. The Hall–Kier alpha value is -3.28. The average Bonchev–Trinajstić information content (AvgIpc) is 3.22. The van der Waals surface area contributed by atoms with E-state index in [0.29, 0.717) is 19.4 Å². The molecule has 30 heavy (non-hydrogen) atoms. The van der Waals surface area contributed by atoms with Crippen molar-refractivity contribution in [3.05, 3.63) is 65.4 Å². The molecule has 1 fully saturated rings. The van der Waals surface area contributed by atoms with Gasteiger partial charge in [-0.15, -0.1) is 0 Å². The molecule has 2 unspecified atom stereocenters. The average molecular weight is 403 g/mol. The summed E-state index contributed by atoms with van der Waals surface area (Å²) in [6.45, 7) is 4.55. The summed E-state index contributed by atoms with van der Waals surface area (Å²) in [4.78, 5) is 33.2. The summed E-state index contributed by atoms with van der Waals surface area (Å²) >= 11 is 0. The van der Waals surface area contributed by atoms with Crippen molar-refractivity contribution in [3.8, 4) is 5.75 Å². The number of ether oxygens (including phenoxy) is 1. The van der Waals surface area contributed by atoms with E-state index in [1.165, 1.54) is 4.90 Å². The minimum atomic E-state index is -0.879. The van der Waals surface area contributed by atoms with E-state index in [9.17, 15) is 9.59 Å². The molecule has 1 N–H and O–H groups in total. The van der Waals surface area contributed by atoms with Gasteiger partial charge in [0.25, 0.3) is 5.91 Å². The number of fused-ring (bicyclic) bond motifs is 4. The van der Waals surface area contributed by atoms with Crippen molar-refractivity contribution in [2.75, 3.05) is 13.7 Å².